The number of hydrogen-bond donors (Lipinski definition) is 0. The van der Waals surface area contributed by atoms with Crippen LogP contribution in [0.5, 0.6) is 0 Å². The second-order valence-electron chi connectivity index (χ2n) is 6.61. The third-order valence-corrected chi connectivity index (χ3v) is 6.83. The molecule has 0 aromatic heterocycles. The molecule has 2 unspecified atom stereocenters. The van der Waals surface area contributed by atoms with Gasteiger partial charge in [0.05, 0.1) is 11.5 Å². The van der Waals surface area contributed by atoms with Crippen molar-refractivity contribution in [2.45, 2.75) is 38.3 Å². The van der Waals surface area contributed by atoms with Crippen LogP contribution in [0.3, 0.4) is 0 Å². The number of rotatable bonds is 3. The fraction of sp³-hybridized carbons (Fsp3) is 0.588. The Hall–Kier alpha value is -1.56. The molecule has 2 aliphatic rings. The first kappa shape index (κ1) is 16.3. The lowest BCUT2D eigenvalue weighted by atomic mass is 10.00. The standard InChI is InChI=1S/C17H24N2O3S/c1-13(17(20)18(2)15-9-11-23(21,22)12-15)19-10-5-7-14-6-3-4-8-16(14)19/h3-4,6,8,13,15H,5,7,9-12H2,1-2H3. The fourth-order valence-electron chi connectivity index (χ4n) is 3.65. The number of anilines is 1. The van der Waals surface area contributed by atoms with Crippen LogP contribution in [-0.4, -0.2) is 56.4 Å². The van der Waals surface area contributed by atoms with Crippen LogP contribution in [0.4, 0.5) is 5.69 Å². The molecule has 0 saturated carbocycles. The molecule has 0 bridgehead atoms. The average molecular weight is 336 g/mol. The van der Waals surface area contributed by atoms with Gasteiger partial charge in [-0.1, -0.05) is 18.2 Å². The predicted octanol–water partition coefficient (Wildman–Crippen LogP) is 1.47. The van der Waals surface area contributed by atoms with Crippen LogP contribution < -0.4 is 4.90 Å². The molecule has 2 heterocycles. The van der Waals surface area contributed by atoms with E-state index in [1.165, 1.54) is 5.56 Å². The van der Waals surface area contributed by atoms with Crippen molar-refractivity contribution >= 4 is 21.4 Å². The van der Waals surface area contributed by atoms with Crippen molar-refractivity contribution < 1.29 is 13.2 Å². The molecular formula is C17H24N2O3S. The maximum absolute atomic E-state index is 12.8. The summed E-state index contributed by atoms with van der Waals surface area (Å²) in [5.74, 6) is 0.290. The first-order valence-corrected chi connectivity index (χ1v) is 10.0. The molecule has 0 N–H and O–H groups in total. The highest BCUT2D eigenvalue weighted by molar-refractivity contribution is 7.91. The van der Waals surface area contributed by atoms with Crippen molar-refractivity contribution in [1.82, 2.24) is 4.90 Å². The number of hydrogen-bond acceptors (Lipinski definition) is 4. The van der Waals surface area contributed by atoms with Crippen LogP contribution in [-0.2, 0) is 21.1 Å². The van der Waals surface area contributed by atoms with Crippen molar-refractivity contribution in [3.63, 3.8) is 0 Å². The van der Waals surface area contributed by atoms with E-state index in [9.17, 15) is 13.2 Å². The summed E-state index contributed by atoms with van der Waals surface area (Å²) < 4.78 is 23.3. The zero-order valence-electron chi connectivity index (χ0n) is 13.7. The topological polar surface area (TPSA) is 57.7 Å². The molecule has 1 aromatic carbocycles. The molecule has 0 spiro atoms. The summed E-state index contributed by atoms with van der Waals surface area (Å²) in [6.07, 6.45) is 2.63. The van der Waals surface area contributed by atoms with Crippen LogP contribution in [0.25, 0.3) is 0 Å². The molecule has 6 heteroatoms. The van der Waals surface area contributed by atoms with Gasteiger partial charge in [0, 0.05) is 25.3 Å². The summed E-state index contributed by atoms with van der Waals surface area (Å²) in [5, 5.41) is 0. The van der Waals surface area contributed by atoms with Crippen LogP contribution in [0.1, 0.15) is 25.3 Å². The molecule has 3 rings (SSSR count). The number of carbonyl (C=O) groups excluding carboxylic acids is 1. The number of likely N-dealkylation sites (N-methyl/N-ethyl adjacent to an activating group) is 1. The molecule has 126 valence electrons. The summed E-state index contributed by atoms with van der Waals surface area (Å²) in [6, 6.07) is 7.76. The first-order chi connectivity index (χ1) is 10.9. The highest BCUT2D eigenvalue weighted by Crippen LogP contribution is 2.29. The van der Waals surface area contributed by atoms with E-state index in [1.807, 2.05) is 19.1 Å². The molecule has 0 aliphatic carbocycles. The molecule has 5 nitrogen and oxygen atoms in total. The zero-order valence-corrected chi connectivity index (χ0v) is 14.6. The van der Waals surface area contributed by atoms with Gasteiger partial charge in [-0.3, -0.25) is 4.79 Å². The van der Waals surface area contributed by atoms with Gasteiger partial charge in [0.2, 0.25) is 5.91 Å². The summed E-state index contributed by atoms with van der Waals surface area (Å²) in [6.45, 7) is 2.78. The maximum Gasteiger partial charge on any atom is 0.245 e. The van der Waals surface area contributed by atoms with Crippen molar-refractivity contribution in [2.75, 3.05) is 30.0 Å². The van der Waals surface area contributed by atoms with E-state index in [4.69, 9.17) is 0 Å². The number of aryl methyl sites for hydroxylation is 1. The van der Waals surface area contributed by atoms with Gasteiger partial charge in [-0.25, -0.2) is 8.42 Å². The van der Waals surface area contributed by atoms with Gasteiger partial charge in [0.15, 0.2) is 9.84 Å². The number of nitrogens with zero attached hydrogens (tertiary/aromatic N) is 2. The molecule has 0 radical (unpaired) electrons. The largest absolute Gasteiger partial charge is 0.360 e. The monoisotopic (exact) mass is 336 g/mol. The van der Waals surface area contributed by atoms with Gasteiger partial charge >= 0.3 is 0 Å². The summed E-state index contributed by atoms with van der Waals surface area (Å²) in [5.41, 5.74) is 2.41. The van der Waals surface area contributed by atoms with E-state index in [-0.39, 0.29) is 29.5 Å². The van der Waals surface area contributed by atoms with Crippen molar-refractivity contribution in [1.29, 1.82) is 0 Å². The molecule has 2 atom stereocenters. The van der Waals surface area contributed by atoms with Gasteiger partial charge in [-0.15, -0.1) is 0 Å². The predicted molar refractivity (Wildman–Crippen MR) is 91.4 cm³/mol. The molecule has 1 amide bonds. The zero-order chi connectivity index (χ0) is 16.6. The van der Waals surface area contributed by atoms with E-state index in [2.05, 4.69) is 17.0 Å². The Morgan fingerprint density at radius 1 is 1.35 bits per heavy atom. The van der Waals surface area contributed by atoms with E-state index in [0.29, 0.717) is 6.42 Å². The summed E-state index contributed by atoms with van der Waals surface area (Å²) in [4.78, 5) is 16.6. The number of benzene rings is 1. The van der Waals surface area contributed by atoms with Crippen LogP contribution in [0, 0.1) is 0 Å². The minimum absolute atomic E-state index is 0.00352. The number of carbonyl (C=O) groups is 1. The summed E-state index contributed by atoms with van der Waals surface area (Å²) >= 11 is 0. The van der Waals surface area contributed by atoms with Gasteiger partial charge in [-0.05, 0) is 37.8 Å². The third kappa shape index (κ3) is 3.22. The molecule has 1 aromatic rings. The fourth-order valence-corrected chi connectivity index (χ4v) is 5.43. The van der Waals surface area contributed by atoms with Gasteiger partial charge in [-0.2, -0.15) is 0 Å². The molecular weight excluding hydrogens is 312 g/mol. The molecule has 1 saturated heterocycles. The van der Waals surface area contributed by atoms with Crippen LogP contribution >= 0.6 is 0 Å². The minimum atomic E-state index is -2.98. The number of fused-ring (bicyclic) bond motifs is 1. The Kier molecular flexibility index (Phi) is 4.36. The van der Waals surface area contributed by atoms with Gasteiger partial charge in [0.25, 0.3) is 0 Å². The molecule has 23 heavy (non-hydrogen) atoms. The normalized spacial score (nSPS) is 24.1. The van der Waals surface area contributed by atoms with E-state index < -0.39 is 9.84 Å². The minimum Gasteiger partial charge on any atom is -0.360 e. The quantitative estimate of drug-likeness (QED) is 0.839. The van der Waals surface area contributed by atoms with Crippen LogP contribution in [0.2, 0.25) is 0 Å². The molecule has 1 fully saturated rings. The first-order valence-electron chi connectivity index (χ1n) is 8.21. The number of amides is 1. The Morgan fingerprint density at radius 2 is 2.09 bits per heavy atom. The average Bonchev–Trinajstić information content (AvgIpc) is 2.92. The lowest BCUT2D eigenvalue weighted by Crippen LogP contribution is -2.50. The molecule has 2 aliphatic heterocycles. The second-order valence-corrected chi connectivity index (χ2v) is 8.84. The second kappa shape index (κ2) is 6.15. The Morgan fingerprint density at radius 3 is 2.78 bits per heavy atom. The summed E-state index contributed by atoms with van der Waals surface area (Å²) in [7, 11) is -1.24. The smallest absolute Gasteiger partial charge is 0.245 e. The number of sulfone groups is 1. The van der Waals surface area contributed by atoms with E-state index in [0.717, 1.165) is 25.1 Å². The Labute approximate surface area is 138 Å². The lowest BCUT2D eigenvalue weighted by molar-refractivity contribution is -0.132. The highest BCUT2D eigenvalue weighted by atomic mass is 32.2. The van der Waals surface area contributed by atoms with Crippen molar-refractivity contribution in [3.8, 4) is 0 Å². The van der Waals surface area contributed by atoms with Gasteiger partial charge < -0.3 is 9.80 Å². The number of para-hydroxylation sites is 1. The SMILES string of the molecule is CC(C(=O)N(C)C1CCS(=O)(=O)C1)N1CCCc2ccccc21. The highest BCUT2D eigenvalue weighted by Gasteiger charge is 2.36. The van der Waals surface area contributed by atoms with E-state index in [1.54, 1.807) is 11.9 Å². The van der Waals surface area contributed by atoms with Crippen molar-refractivity contribution in [2.24, 2.45) is 0 Å². The van der Waals surface area contributed by atoms with Crippen molar-refractivity contribution in [3.05, 3.63) is 29.8 Å². The van der Waals surface area contributed by atoms with E-state index >= 15 is 0 Å². The maximum atomic E-state index is 12.8. The Bertz CT molecular complexity index is 702. The van der Waals surface area contributed by atoms with Crippen LogP contribution in [0.15, 0.2) is 24.3 Å². The van der Waals surface area contributed by atoms with Gasteiger partial charge in [0.1, 0.15) is 6.04 Å². The third-order valence-electron chi connectivity index (χ3n) is 5.07. The Balaban J connectivity index is 1.76. The lowest BCUT2D eigenvalue weighted by Gasteiger charge is -2.38.